The summed E-state index contributed by atoms with van der Waals surface area (Å²) in [6.45, 7) is 13.7. The molecule has 1 saturated heterocycles. The van der Waals surface area contributed by atoms with Gasteiger partial charge in [0.25, 0.3) is 0 Å². The Labute approximate surface area is 168 Å². The summed E-state index contributed by atoms with van der Waals surface area (Å²) in [7, 11) is -3.61. The molecule has 1 N–H and O–H groups in total. The maximum absolute atomic E-state index is 12.9. The molecule has 2 heterocycles. The molecule has 1 fully saturated rings. The molecule has 1 amide bonds. The number of likely N-dealkylation sites (N-methyl/N-ethyl adjacent to an activating group) is 1. The van der Waals surface area contributed by atoms with E-state index in [-0.39, 0.29) is 22.6 Å². The van der Waals surface area contributed by atoms with Crippen LogP contribution in [0.4, 0.5) is 0 Å². The first-order valence-corrected chi connectivity index (χ1v) is 11.6. The molecule has 1 aromatic heterocycles. The number of hydrogen-bond donors (Lipinski definition) is 1. The Morgan fingerprint density at radius 1 is 1.29 bits per heavy atom. The normalized spacial score (nSPS) is 17.8. The van der Waals surface area contributed by atoms with E-state index in [1.54, 1.807) is 13.8 Å². The lowest BCUT2D eigenvalue weighted by molar-refractivity contribution is -0.126. The zero-order valence-corrected chi connectivity index (χ0v) is 18.5. The van der Waals surface area contributed by atoms with Crippen LogP contribution < -0.4 is 5.32 Å². The molecule has 0 saturated carbocycles. The molecule has 160 valence electrons. The molecule has 0 aromatic carbocycles. The van der Waals surface area contributed by atoms with Gasteiger partial charge in [0.15, 0.2) is 5.76 Å². The molecular weight excluding hydrogens is 380 g/mol. The number of carbonyl (C=O) groups is 1. The van der Waals surface area contributed by atoms with Crippen molar-refractivity contribution < 1.29 is 17.7 Å². The highest BCUT2D eigenvalue weighted by Gasteiger charge is 2.36. The summed E-state index contributed by atoms with van der Waals surface area (Å²) in [6.07, 6.45) is 1.35. The van der Waals surface area contributed by atoms with Crippen molar-refractivity contribution in [1.29, 1.82) is 0 Å². The van der Waals surface area contributed by atoms with Gasteiger partial charge in [0, 0.05) is 32.1 Å². The highest BCUT2D eigenvalue weighted by Crippen LogP contribution is 2.30. The molecule has 28 heavy (non-hydrogen) atoms. The molecule has 2 rings (SSSR count). The molecule has 8 nitrogen and oxygen atoms in total. The van der Waals surface area contributed by atoms with Crippen LogP contribution >= 0.6 is 0 Å². The number of amides is 1. The largest absolute Gasteiger partial charge is 0.360 e. The molecule has 0 unspecified atom stereocenters. The van der Waals surface area contributed by atoms with Gasteiger partial charge in [-0.05, 0) is 45.7 Å². The molecule has 1 aromatic rings. The monoisotopic (exact) mass is 414 g/mol. The first-order chi connectivity index (χ1) is 13.2. The lowest BCUT2D eigenvalue weighted by Gasteiger charge is -2.33. The van der Waals surface area contributed by atoms with Crippen molar-refractivity contribution in [3.05, 3.63) is 11.5 Å². The van der Waals surface area contributed by atoms with Crippen molar-refractivity contribution in [3.8, 4) is 0 Å². The predicted octanol–water partition coefficient (Wildman–Crippen LogP) is 1.79. The maximum atomic E-state index is 12.9. The van der Waals surface area contributed by atoms with E-state index in [9.17, 15) is 13.2 Å². The fourth-order valence-corrected chi connectivity index (χ4v) is 5.60. The molecule has 0 spiro atoms. The van der Waals surface area contributed by atoms with Gasteiger partial charge in [-0.1, -0.05) is 25.9 Å². The predicted molar refractivity (Wildman–Crippen MR) is 107 cm³/mol. The molecule has 0 radical (unpaired) electrons. The van der Waals surface area contributed by atoms with E-state index in [1.165, 1.54) is 4.31 Å². The van der Waals surface area contributed by atoms with Gasteiger partial charge >= 0.3 is 0 Å². The summed E-state index contributed by atoms with van der Waals surface area (Å²) in [6, 6.07) is 0. The number of nitrogens with one attached hydrogen (secondary N) is 1. The molecule has 1 aliphatic heterocycles. The van der Waals surface area contributed by atoms with Crippen LogP contribution in [0.25, 0.3) is 0 Å². The van der Waals surface area contributed by atoms with Crippen molar-refractivity contribution in [2.75, 3.05) is 39.3 Å². The fraction of sp³-hybridized carbons (Fsp3) is 0.789. The lowest BCUT2D eigenvalue weighted by atomic mass is 9.85. The van der Waals surface area contributed by atoms with Crippen molar-refractivity contribution in [2.45, 2.75) is 52.4 Å². The maximum Gasteiger partial charge on any atom is 0.248 e. The van der Waals surface area contributed by atoms with E-state index < -0.39 is 10.0 Å². The number of aromatic nitrogens is 1. The molecule has 1 aliphatic rings. The minimum Gasteiger partial charge on any atom is -0.360 e. The highest BCUT2D eigenvalue weighted by atomic mass is 32.2. The number of nitrogens with zero attached hydrogens (tertiary/aromatic N) is 3. The molecule has 9 heteroatoms. The van der Waals surface area contributed by atoms with E-state index in [1.807, 2.05) is 6.92 Å². The van der Waals surface area contributed by atoms with Gasteiger partial charge in [0.05, 0.1) is 0 Å². The topological polar surface area (TPSA) is 95.8 Å². The van der Waals surface area contributed by atoms with Crippen LogP contribution in [0, 0.1) is 25.7 Å². The first kappa shape index (κ1) is 22.8. The SMILES string of the molecule is CCN(CC)CCNC(=O)[C@@H](C)C1CCN(S(=O)(=O)c2c(C)noc2C)CC1. The van der Waals surface area contributed by atoms with Crippen molar-refractivity contribution in [2.24, 2.45) is 11.8 Å². The minimum atomic E-state index is -3.61. The quantitative estimate of drug-likeness (QED) is 0.662. The number of sulfonamides is 1. The average Bonchev–Trinajstić information content (AvgIpc) is 3.03. The Balaban J connectivity index is 1.88. The van der Waals surface area contributed by atoms with Crippen molar-refractivity contribution in [1.82, 2.24) is 19.7 Å². The summed E-state index contributed by atoms with van der Waals surface area (Å²) in [5.74, 6) is 0.435. The Kier molecular flexibility index (Phi) is 8.03. The van der Waals surface area contributed by atoms with Gasteiger partial charge in [-0.2, -0.15) is 4.31 Å². The van der Waals surface area contributed by atoms with E-state index in [2.05, 4.69) is 29.2 Å². The van der Waals surface area contributed by atoms with Crippen LogP contribution in [0.3, 0.4) is 0 Å². The summed E-state index contributed by atoms with van der Waals surface area (Å²) in [5.41, 5.74) is 0.389. The zero-order chi connectivity index (χ0) is 20.9. The van der Waals surface area contributed by atoms with Gasteiger partial charge < -0.3 is 14.7 Å². The third kappa shape index (κ3) is 5.12. The second kappa shape index (κ2) is 9.84. The minimum absolute atomic E-state index is 0.0548. The lowest BCUT2D eigenvalue weighted by Crippen LogP contribution is -2.43. The Morgan fingerprint density at radius 3 is 2.39 bits per heavy atom. The summed E-state index contributed by atoms with van der Waals surface area (Å²) >= 11 is 0. The van der Waals surface area contributed by atoms with Gasteiger partial charge in [-0.25, -0.2) is 8.42 Å². The highest BCUT2D eigenvalue weighted by molar-refractivity contribution is 7.89. The standard InChI is InChI=1S/C19H34N4O4S/c1-6-22(7-2)13-10-20-19(24)14(3)17-8-11-23(12-9-17)28(25,26)18-15(4)21-27-16(18)5/h14,17H,6-13H2,1-5H3,(H,20,24)/t14-/m0/s1. The Hall–Kier alpha value is -1.45. The van der Waals surface area contributed by atoms with E-state index in [0.717, 1.165) is 19.6 Å². The van der Waals surface area contributed by atoms with Crippen LogP contribution in [0.2, 0.25) is 0 Å². The van der Waals surface area contributed by atoms with Gasteiger partial charge in [0.1, 0.15) is 10.6 Å². The molecule has 1 atom stereocenters. The van der Waals surface area contributed by atoms with Crippen LogP contribution in [-0.2, 0) is 14.8 Å². The number of aryl methyl sites for hydroxylation is 2. The van der Waals surface area contributed by atoms with Crippen molar-refractivity contribution >= 4 is 15.9 Å². The third-order valence-corrected chi connectivity index (χ3v) is 7.95. The third-order valence-electron chi connectivity index (χ3n) is 5.81. The number of rotatable bonds is 9. The smallest absolute Gasteiger partial charge is 0.248 e. The van der Waals surface area contributed by atoms with Crippen LogP contribution in [-0.4, -0.2) is 68.0 Å². The zero-order valence-electron chi connectivity index (χ0n) is 17.7. The van der Waals surface area contributed by atoms with Crippen LogP contribution in [0.15, 0.2) is 9.42 Å². The van der Waals surface area contributed by atoms with E-state index in [4.69, 9.17) is 4.52 Å². The van der Waals surface area contributed by atoms with Crippen LogP contribution in [0.1, 0.15) is 45.1 Å². The van der Waals surface area contributed by atoms with Crippen LogP contribution in [0.5, 0.6) is 0 Å². The van der Waals surface area contributed by atoms with Crippen molar-refractivity contribution in [3.63, 3.8) is 0 Å². The second-order valence-corrected chi connectivity index (χ2v) is 9.38. The average molecular weight is 415 g/mol. The number of carbonyl (C=O) groups excluding carboxylic acids is 1. The fourth-order valence-electron chi connectivity index (χ4n) is 3.84. The summed E-state index contributed by atoms with van der Waals surface area (Å²) < 4.78 is 32.3. The molecule has 0 aliphatic carbocycles. The summed E-state index contributed by atoms with van der Waals surface area (Å²) in [5, 5.41) is 6.78. The molecule has 0 bridgehead atoms. The molecular formula is C19H34N4O4S. The van der Waals surface area contributed by atoms with Gasteiger partial charge in [-0.15, -0.1) is 0 Å². The van der Waals surface area contributed by atoms with Gasteiger partial charge in [0.2, 0.25) is 15.9 Å². The number of hydrogen-bond acceptors (Lipinski definition) is 6. The Bertz CT molecular complexity index is 730. The number of piperidine rings is 1. The van der Waals surface area contributed by atoms with E-state index in [0.29, 0.717) is 43.9 Å². The Morgan fingerprint density at radius 2 is 1.89 bits per heavy atom. The van der Waals surface area contributed by atoms with Gasteiger partial charge in [-0.3, -0.25) is 4.79 Å². The first-order valence-electron chi connectivity index (χ1n) is 10.1. The van der Waals surface area contributed by atoms with E-state index >= 15 is 0 Å². The second-order valence-electron chi connectivity index (χ2n) is 7.50. The summed E-state index contributed by atoms with van der Waals surface area (Å²) in [4.78, 5) is 14.9.